The monoisotopic (exact) mass is 356 g/mol. The lowest BCUT2D eigenvalue weighted by atomic mass is 10.2. The first-order valence-electron chi connectivity index (χ1n) is 6.94. The summed E-state index contributed by atoms with van der Waals surface area (Å²) in [5.74, 6) is -0.225. The molecule has 1 heterocycles. The van der Waals surface area contributed by atoms with Crippen LogP contribution in [-0.2, 0) is 4.79 Å². The van der Waals surface area contributed by atoms with Crippen molar-refractivity contribution in [1.29, 1.82) is 0 Å². The van der Waals surface area contributed by atoms with Gasteiger partial charge < -0.3 is 10.2 Å². The number of hydrazone groups is 1. The van der Waals surface area contributed by atoms with Crippen LogP contribution in [0.5, 0.6) is 11.5 Å². The van der Waals surface area contributed by atoms with Crippen LogP contribution in [0.3, 0.4) is 0 Å². The van der Waals surface area contributed by atoms with Crippen LogP contribution < -0.4 is 0 Å². The lowest BCUT2D eigenvalue weighted by Crippen LogP contribution is -2.22. The van der Waals surface area contributed by atoms with Crippen molar-refractivity contribution in [3.63, 3.8) is 0 Å². The Bertz CT molecular complexity index is 878. The number of amides is 1. The third-order valence-electron chi connectivity index (χ3n) is 3.25. The molecule has 0 atom stereocenters. The Balaban J connectivity index is 1.85. The summed E-state index contributed by atoms with van der Waals surface area (Å²) in [6, 6.07) is 13.4. The van der Waals surface area contributed by atoms with Gasteiger partial charge in [0, 0.05) is 11.1 Å². The number of phenolic OH excluding ortho intramolecular Hbond substituents is 2. The fourth-order valence-corrected chi connectivity index (χ4v) is 3.19. The summed E-state index contributed by atoms with van der Waals surface area (Å²) in [5, 5.41) is 24.7. The molecule has 0 aromatic heterocycles. The molecule has 2 aromatic rings. The highest BCUT2D eigenvalue weighted by Gasteiger charge is 2.32. The molecule has 1 amide bonds. The minimum Gasteiger partial charge on any atom is -0.507 e. The predicted octanol–water partition coefficient (Wildman–Crippen LogP) is 3.33. The summed E-state index contributed by atoms with van der Waals surface area (Å²) in [6.45, 7) is 0. The SMILES string of the molecule is O=C1C(=Cc2ccccc2O)SC(=S)N1N=Cc1ccccc1O. The highest BCUT2D eigenvalue weighted by Crippen LogP contribution is 2.34. The second kappa shape index (κ2) is 6.86. The summed E-state index contributed by atoms with van der Waals surface area (Å²) in [7, 11) is 0. The number of thioether (sulfide) groups is 1. The Hall–Kier alpha value is -2.64. The minimum absolute atomic E-state index is 0.0661. The van der Waals surface area contributed by atoms with E-state index in [4.69, 9.17) is 12.2 Å². The largest absolute Gasteiger partial charge is 0.507 e. The van der Waals surface area contributed by atoms with E-state index in [1.807, 2.05) is 0 Å². The molecular weight excluding hydrogens is 344 g/mol. The molecule has 0 radical (unpaired) electrons. The molecule has 120 valence electrons. The van der Waals surface area contributed by atoms with Crippen molar-refractivity contribution in [2.45, 2.75) is 0 Å². The van der Waals surface area contributed by atoms with Gasteiger partial charge in [0.15, 0.2) is 4.32 Å². The Morgan fingerprint density at radius 2 is 1.58 bits per heavy atom. The number of benzene rings is 2. The minimum atomic E-state index is -0.375. The van der Waals surface area contributed by atoms with Gasteiger partial charge in [0.05, 0.1) is 11.1 Å². The third kappa shape index (κ3) is 3.32. The molecule has 0 aliphatic carbocycles. The molecule has 0 spiro atoms. The van der Waals surface area contributed by atoms with Gasteiger partial charge in [-0.2, -0.15) is 10.1 Å². The van der Waals surface area contributed by atoms with Gasteiger partial charge in [0.25, 0.3) is 5.91 Å². The van der Waals surface area contributed by atoms with Crippen LogP contribution in [0, 0.1) is 0 Å². The molecule has 2 N–H and O–H groups in total. The molecule has 2 aromatic carbocycles. The Morgan fingerprint density at radius 1 is 1.00 bits per heavy atom. The molecule has 24 heavy (non-hydrogen) atoms. The van der Waals surface area contributed by atoms with Crippen LogP contribution in [0.1, 0.15) is 11.1 Å². The van der Waals surface area contributed by atoms with Crippen molar-refractivity contribution < 1.29 is 15.0 Å². The predicted molar refractivity (Wildman–Crippen MR) is 98.8 cm³/mol. The summed E-state index contributed by atoms with van der Waals surface area (Å²) in [6.07, 6.45) is 2.95. The zero-order chi connectivity index (χ0) is 17.1. The fourth-order valence-electron chi connectivity index (χ4n) is 2.03. The Labute approximate surface area is 147 Å². The van der Waals surface area contributed by atoms with Crippen molar-refractivity contribution in [3.05, 3.63) is 64.6 Å². The van der Waals surface area contributed by atoms with Gasteiger partial charge >= 0.3 is 0 Å². The van der Waals surface area contributed by atoms with Gasteiger partial charge in [-0.15, -0.1) is 0 Å². The normalized spacial score (nSPS) is 16.5. The number of phenols is 2. The molecule has 3 rings (SSSR count). The zero-order valence-electron chi connectivity index (χ0n) is 12.3. The average Bonchev–Trinajstić information content (AvgIpc) is 2.83. The maximum absolute atomic E-state index is 12.4. The van der Waals surface area contributed by atoms with Crippen molar-refractivity contribution in [1.82, 2.24) is 5.01 Å². The summed E-state index contributed by atoms with van der Waals surface area (Å²) in [4.78, 5) is 12.8. The van der Waals surface area contributed by atoms with E-state index >= 15 is 0 Å². The second-order valence-corrected chi connectivity index (χ2v) is 6.53. The number of hydrogen-bond donors (Lipinski definition) is 2. The first-order chi connectivity index (χ1) is 11.6. The molecular formula is C17H12N2O3S2. The van der Waals surface area contributed by atoms with Gasteiger partial charge in [0.1, 0.15) is 11.5 Å². The van der Waals surface area contributed by atoms with Gasteiger partial charge in [-0.05, 0) is 36.5 Å². The van der Waals surface area contributed by atoms with E-state index < -0.39 is 0 Å². The van der Waals surface area contributed by atoms with Crippen LogP contribution in [0.4, 0.5) is 0 Å². The number of thiocarbonyl (C=S) groups is 1. The van der Waals surface area contributed by atoms with E-state index in [1.165, 1.54) is 12.3 Å². The highest BCUT2D eigenvalue weighted by atomic mass is 32.2. The number of carbonyl (C=O) groups is 1. The number of carbonyl (C=O) groups excluding carboxylic acids is 1. The van der Waals surface area contributed by atoms with Crippen LogP contribution >= 0.6 is 24.0 Å². The van der Waals surface area contributed by atoms with E-state index in [-0.39, 0.29) is 21.7 Å². The smallest absolute Gasteiger partial charge is 0.286 e. The van der Waals surface area contributed by atoms with Crippen LogP contribution in [0.15, 0.2) is 58.5 Å². The van der Waals surface area contributed by atoms with Crippen LogP contribution in [-0.4, -0.2) is 31.7 Å². The number of para-hydroxylation sites is 2. The summed E-state index contributed by atoms with van der Waals surface area (Å²) < 4.78 is 0.286. The first-order valence-corrected chi connectivity index (χ1v) is 8.16. The van der Waals surface area contributed by atoms with Gasteiger partial charge in [0.2, 0.25) is 0 Å². The standard InChI is InChI=1S/C17H12N2O3S2/c20-13-7-3-1-5-11(13)9-15-16(22)19(17(23)24-15)18-10-12-6-2-4-8-14(12)21/h1-10,20-21H. The zero-order valence-corrected chi connectivity index (χ0v) is 13.9. The number of rotatable bonds is 3. The second-order valence-electron chi connectivity index (χ2n) is 4.86. The first kappa shape index (κ1) is 16.2. The maximum Gasteiger partial charge on any atom is 0.286 e. The molecule has 0 saturated carbocycles. The molecule has 1 aliphatic rings. The fraction of sp³-hybridized carbons (Fsp3) is 0. The average molecular weight is 356 g/mol. The van der Waals surface area contributed by atoms with Crippen molar-refractivity contribution in [3.8, 4) is 11.5 Å². The van der Waals surface area contributed by atoms with Crippen molar-refractivity contribution in [2.75, 3.05) is 0 Å². The number of nitrogens with zero attached hydrogens (tertiary/aromatic N) is 2. The van der Waals surface area contributed by atoms with E-state index in [2.05, 4.69) is 5.10 Å². The van der Waals surface area contributed by atoms with Gasteiger partial charge in [-0.25, -0.2) is 0 Å². The topological polar surface area (TPSA) is 73.1 Å². The van der Waals surface area contributed by atoms with Crippen molar-refractivity contribution in [2.24, 2.45) is 5.10 Å². The van der Waals surface area contributed by atoms with E-state index in [1.54, 1.807) is 48.5 Å². The molecule has 5 nitrogen and oxygen atoms in total. The molecule has 1 fully saturated rings. The van der Waals surface area contributed by atoms with E-state index in [9.17, 15) is 15.0 Å². The maximum atomic E-state index is 12.4. The summed E-state index contributed by atoms with van der Waals surface area (Å²) in [5.41, 5.74) is 1.01. The van der Waals surface area contributed by atoms with E-state index in [0.717, 1.165) is 16.8 Å². The number of aromatic hydroxyl groups is 2. The quantitative estimate of drug-likeness (QED) is 0.501. The molecule has 1 aliphatic heterocycles. The molecule has 0 unspecified atom stereocenters. The van der Waals surface area contributed by atoms with Gasteiger partial charge in [-0.1, -0.05) is 42.1 Å². The van der Waals surface area contributed by atoms with Gasteiger partial charge in [-0.3, -0.25) is 4.79 Å². The number of hydrogen-bond acceptors (Lipinski definition) is 6. The third-order valence-corrected chi connectivity index (χ3v) is 4.53. The molecule has 0 bridgehead atoms. The summed E-state index contributed by atoms with van der Waals surface area (Å²) >= 11 is 6.29. The Kier molecular flexibility index (Phi) is 4.64. The van der Waals surface area contributed by atoms with E-state index in [0.29, 0.717) is 16.0 Å². The lowest BCUT2D eigenvalue weighted by molar-refractivity contribution is -0.122. The van der Waals surface area contributed by atoms with Crippen LogP contribution in [0.2, 0.25) is 0 Å². The lowest BCUT2D eigenvalue weighted by Gasteiger charge is -2.06. The molecule has 7 heteroatoms. The Morgan fingerprint density at radius 3 is 2.21 bits per heavy atom. The highest BCUT2D eigenvalue weighted by molar-refractivity contribution is 8.26. The van der Waals surface area contributed by atoms with Crippen LogP contribution in [0.25, 0.3) is 6.08 Å². The molecule has 1 saturated heterocycles. The van der Waals surface area contributed by atoms with Crippen molar-refractivity contribution >= 4 is 46.5 Å².